The molecule has 0 saturated carbocycles. The van der Waals surface area contributed by atoms with Crippen LogP contribution in [0, 0.1) is 18.8 Å². The van der Waals surface area contributed by atoms with Gasteiger partial charge in [-0.1, -0.05) is 55.7 Å². The van der Waals surface area contributed by atoms with Gasteiger partial charge < -0.3 is 24.4 Å². The quantitative estimate of drug-likeness (QED) is 0.177. The monoisotopic (exact) mass is 586 g/mol. The lowest BCUT2D eigenvalue weighted by Gasteiger charge is -2.37. The average molecular weight is 587 g/mol. The molecule has 1 aromatic carbocycles. The van der Waals surface area contributed by atoms with Gasteiger partial charge in [-0.3, -0.25) is 14.4 Å². The van der Waals surface area contributed by atoms with E-state index in [0.29, 0.717) is 55.8 Å². The molecule has 0 aliphatic carbocycles. The summed E-state index contributed by atoms with van der Waals surface area (Å²) in [6, 6.07) is 4.54. The Kier molecular flexibility index (Phi) is 9.98. The Labute approximate surface area is 248 Å². The normalized spacial score (nSPS) is 28.0. The summed E-state index contributed by atoms with van der Waals surface area (Å²) in [5.41, 5.74) is -0.605. The van der Waals surface area contributed by atoms with Crippen molar-refractivity contribution in [3.63, 3.8) is 0 Å². The molecule has 2 amide bonds. The van der Waals surface area contributed by atoms with Crippen LogP contribution in [0.25, 0.3) is 0 Å². The van der Waals surface area contributed by atoms with E-state index < -0.39 is 35.0 Å². The zero-order chi connectivity index (χ0) is 29.8. The molecule has 3 aliphatic rings. The third-order valence-electron chi connectivity index (χ3n) is 9.08. The summed E-state index contributed by atoms with van der Waals surface area (Å²) in [5.74, 6) is -2.57. The minimum absolute atomic E-state index is 0.116. The number of anilines is 1. The van der Waals surface area contributed by atoms with Gasteiger partial charge in [0.15, 0.2) is 0 Å². The number of hydrogen-bond donors (Lipinski definition) is 1. The minimum Gasteiger partial charge on any atom is -0.465 e. The molecular weight excluding hydrogens is 544 g/mol. The molecule has 2 bridgehead atoms. The average Bonchev–Trinajstić information content (AvgIpc) is 3.55. The van der Waals surface area contributed by atoms with Gasteiger partial charge in [0.25, 0.3) is 5.91 Å². The smallest absolute Gasteiger partial charge is 0.312 e. The molecule has 3 saturated heterocycles. The van der Waals surface area contributed by atoms with E-state index >= 15 is 0 Å². The lowest BCUT2D eigenvalue weighted by molar-refractivity contribution is -0.160. The van der Waals surface area contributed by atoms with Crippen molar-refractivity contribution >= 4 is 35.1 Å². The maximum Gasteiger partial charge on any atom is 0.312 e. The SMILES string of the molecule is C=CCCOC(=O)[C@H]1[C@H]2C(=O)N(CCCCCCO)C(C(=O)N(CC=C)c3c(C)cccc3Cl)C23CC[C@]1(CC)O3. The standard InChI is InChI=1S/C32H43ClN2O6/c1-5-8-21-40-30(39)25-24-28(37)35(19-11-9-10-12-20-36)27(32(24)17-16-31(25,7-3)41-32)29(38)34(18-6-2)26-22(4)14-13-15-23(26)33/h5-6,13-15,24-25,27,36H,1-2,7-12,16-21H2,3-4H3/t24-,25+,27?,31-,32?/m0/s1. The van der Waals surface area contributed by atoms with Crippen LogP contribution in [0.15, 0.2) is 43.5 Å². The van der Waals surface area contributed by atoms with Crippen molar-refractivity contribution in [2.75, 3.05) is 31.2 Å². The summed E-state index contributed by atoms with van der Waals surface area (Å²) in [4.78, 5) is 45.9. The molecule has 3 fully saturated rings. The van der Waals surface area contributed by atoms with Gasteiger partial charge in [0.05, 0.1) is 28.8 Å². The van der Waals surface area contributed by atoms with Gasteiger partial charge in [-0.05, 0) is 57.1 Å². The fraction of sp³-hybridized carbons (Fsp3) is 0.594. The van der Waals surface area contributed by atoms with E-state index in [4.69, 9.17) is 21.1 Å². The van der Waals surface area contributed by atoms with Gasteiger partial charge in [-0.15, -0.1) is 13.2 Å². The van der Waals surface area contributed by atoms with E-state index in [1.165, 1.54) is 0 Å². The molecule has 41 heavy (non-hydrogen) atoms. The molecular formula is C32H43ClN2O6. The molecule has 1 aromatic rings. The highest BCUT2D eigenvalue weighted by Gasteiger charge is 2.79. The number of hydrogen-bond acceptors (Lipinski definition) is 6. The Morgan fingerprint density at radius 3 is 2.63 bits per heavy atom. The maximum absolute atomic E-state index is 14.7. The van der Waals surface area contributed by atoms with Crippen molar-refractivity contribution in [2.45, 2.75) is 82.5 Å². The van der Waals surface area contributed by atoms with Crippen molar-refractivity contribution in [3.05, 3.63) is 54.1 Å². The fourth-order valence-electron chi connectivity index (χ4n) is 7.21. The predicted octanol–water partition coefficient (Wildman–Crippen LogP) is 4.99. The van der Waals surface area contributed by atoms with Crippen LogP contribution >= 0.6 is 11.6 Å². The topological polar surface area (TPSA) is 96.4 Å². The molecule has 2 unspecified atom stereocenters. The molecule has 9 heteroatoms. The maximum atomic E-state index is 14.7. The lowest BCUT2D eigenvalue weighted by atomic mass is 9.65. The zero-order valence-electron chi connectivity index (χ0n) is 24.3. The summed E-state index contributed by atoms with van der Waals surface area (Å²) < 4.78 is 12.5. The molecule has 3 aliphatic heterocycles. The van der Waals surface area contributed by atoms with Gasteiger partial charge in [0, 0.05) is 19.7 Å². The number of ether oxygens (including phenoxy) is 2. The van der Waals surface area contributed by atoms with E-state index in [-0.39, 0.29) is 31.6 Å². The number of benzene rings is 1. The van der Waals surface area contributed by atoms with Crippen LogP contribution in [0.1, 0.15) is 63.9 Å². The van der Waals surface area contributed by atoms with Crippen LogP contribution in [-0.4, -0.2) is 71.3 Å². The Morgan fingerprint density at radius 2 is 1.98 bits per heavy atom. The van der Waals surface area contributed by atoms with Gasteiger partial charge in [0.1, 0.15) is 17.6 Å². The Bertz CT molecular complexity index is 1150. The van der Waals surface area contributed by atoms with Crippen LogP contribution in [0.5, 0.6) is 0 Å². The first-order chi connectivity index (χ1) is 19.7. The van der Waals surface area contributed by atoms with E-state index in [1.807, 2.05) is 26.0 Å². The summed E-state index contributed by atoms with van der Waals surface area (Å²) in [7, 11) is 0. The highest BCUT2D eigenvalue weighted by Crippen LogP contribution is 2.64. The summed E-state index contributed by atoms with van der Waals surface area (Å²) in [5, 5.41) is 9.61. The van der Waals surface area contributed by atoms with Crippen molar-refractivity contribution in [1.29, 1.82) is 0 Å². The number of carbonyl (C=O) groups is 3. The van der Waals surface area contributed by atoms with E-state index in [2.05, 4.69) is 13.2 Å². The molecule has 5 atom stereocenters. The number of unbranched alkanes of at least 4 members (excludes halogenated alkanes) is 3. The molecule has 1 spiro atoms. The van der Waals surface area contributed by atoms with E-state index in [0.717, 1.165) is 18.4 Å². The molecule has 0 radical (unpaired) electrons. The van der Waals surface area contributed by atoms with Crippen LogP contribution in [0.3, 0.4) is 0 Å². The van der Waals surface area contributed by atoms with Crippen LogP contribution < -0.4 is 4.90 Å². The third-order valence-corrected chi connectivity index (χ3v) is 9.38. The van der Waals surface area contributed by atoms with Crippen molar-refractivity contribution in [3.8, 4) is 0 Å². The number of aliphatic hydroxyl groups excluding tert-OH is 1. The lowest BCUT2D eigenvalue weighted by Crippen LogP contribution is -2.56. The van der Waals surface area contributed by atoms with Crippen LogP contribution in [0.2, 0.25) is 5.02 Å². The van der Waals surface area contributed by atoms with Crippen molar-refractivity contribution < 1.29 is 29.0 Å². The number of likely N-dealkylation sites (tertiary alicyclic amines) is 1. The summed E-state index contributed by atoms with van der Waals surface area (Å²) in [6.45, 7) is 12.3. The second kappa shape index (κ2) is 13.1. The zero-order valence-corrected chi connectivity index (χ0v) is 25.0. The first kappa shape index (κ1) is 31.3. The second-order valence-electron chi connectivity index (χ2n) is 11.4. The summed E-state index contributed by atoms with van der Waals surface area (Å²) >= 11 is 6.64. The third kappa shape index (κ3) is 5.46. The highest BCUT2D eigenvalue weighted by molar-refractivity contribution is 6.34. The number of fused-ring (bicyclic) bond motifs is 1. The fourth-order valence-corrected chi connectivity index (χ4v) is 7.53. The number of aliphatic hydroxyl groups is 1. The largest absolute Gasteiger partial charge is 0.465 e. The minimum atomic E-state index is -1.15. The highest BCUT2D eigenvalue weighted by atomic mass is 35.5. The number of amides is 2. The van der Waals surface area contributed by atoms with Crippen LogP contribution in [0.4, 0.5) is 5.69 Å². The summed E-state index contributed by atoms with van der Waals surface area (Å²) in [6.07, 6.45) is 8.40. The van der Waals surface area contributed by atoms with Gasteiger partial charge in [0.2, 0.25) is 5.91 Å². The number of esters is 1. The Hall–Kier alpha value is -2.68. The number of carbonyl (C=O) groups excluding carboxylic acids is 3. The van der Waals surface area contributed by atoms with Crippen molar-refractivity contribution in [2.24, 2.45) is 11.8 Å². The van der Waals surface area contributed by atoms with Crippen molar-refractivity contribution in [1.82, 2.24) is 4.90 Å². The number of nitrogens with zero attached hydrogens (tertiary/aromatic N) is 2. The van der Waals surface area contributed by atoms with Gasteiger partial charge >= 0.3 is 5.97 Å². The molecule has 224 valence electrons. The van der Waals surface area contributed by atoms with Crippen LogP contribution in [-0.2, 0) is 23.9 Å². The molecule has 3 heterocycles. The number of rotatable bonds is 15. The molecule has 1 N–H and O–H groups in total. The molecule has 0 aromatic heterocycles. The van der Waals surface area contributed by atoms with Gasteiger partial charge in [-0.25, -0.2) is 0 Å². The molecule has 8 nitrogen and oxygen atoms in total. The Balaban J connectivity index is 1.77. The first-order valence-electron chi connectivity index (χ1n) is 14.8. The number of aryl methyl sites for hydroxylation is 1. The Morgan fingerprint density at radius 1 is 1.22 bits per heavy atom. The second-order valence-corrected chi connectivity index (χ2v) is 11.8. The first-order valence-corrected chi connectivity index (χ1v) is 15.2. The van der Waals surface area contributed by atoms with E-state index in [1.54, 1.807) is 28.0 Å². The predicted molar refractivity (Wildman–Crippen MR) is 159 cm³/mol. The van der Waals surface area contributed by atoms with Gasteiger partial charge in [-0.2, -0.15) is 0 Å². The van der Waals surface area contributed by atoms with E-state index in [9.17, 15) is 19.5 Å². The number of halogens is 1. The number of para-hydroxylation sites is 1. The molecule has 4 rings (SSSR count).